The molecule has 4 fully saturated rings. The van der Waals surface area contributed by atoms with Gasteiger partial charge in [0.25, 0.3) is 0 Å². The van der Waals surface area contributed by atoms with Crippen LogP contribution in [0.1, 0.15) is 25.7 Å². The highest BCUT2D eigenvalue weighted by Gasteiger charge is 2.43. The summed E-state index contributed by atoms with van der Waals surface area (Å²) in [5.41, 5.74) is 7.58. The fourth-order valence-electron chi connectivity index (χ4n) is 5.48. The Morgan fingerprint density at radius 2 is 1.20 bits per heavy atom. The lowest BCUT2D eigenvalue weighted by atomic mass is 10.2. The standard InChI is InChI=1S/C22H26ClN5O2/c23-19-21(27-15-5-6-16(27)10-29-9-15)25-20(13-1-3-14(24)4-2-13)26-22(19)28-17-7-8-18(28)12-30-11-17/h1-4,15-18H,5-12,24H2. The molecular formula is C22H26ClN5O2. The molecule has 5 heterocycles. The van der Waals surface area contributed by atoms with E-state index >= 15 is 0 Å². The number of benzene rings is 1. The van der Waals surface area contributed by atoms with E-state index in [0.29, 0.717) is 35.0 Å². The lowest BCUT2D eigenvalue weighted by molar-refractivity contribution is 0.0894. The Bertz CT molecular complexity index is 872. The fourth-order valence-corrected chi connectivity index (χ4v) is 5.76. The lowest BCUT2D eigenvalue weighted by Crippen LogP contribution is -2.48. The van der Waals surface area contributed by atoms with E-state index in [9.17, 15) is 0 Å². The minimum Gasteiger partial charge on any atom is -0.399 e. The number of nitrogens with two attached hydrogens (primary N) is 1. The van der Waals surface area contributed by atoms with Crippen molar-refractivity contribution in [2.75, 3.05) is 42.0 Å². The number of ether oxygens (including phenoxy) is 2. The van der Waals surface area contributed by atoms with Crippen LogP contribution in [0.4, 0.5) is 17.3 Å². The molecule has 4 atom stereocenters. The van der Waals surface area contributed by atoms with Gasteiger partial charge in [-0.05, 0) is 49.9 Å². The first-order valence-corrected chi connectivity index (χ1v) is 11.2. The lowest BCUT2D eigenvalue weighted by Gasteiger charge is -2.39. The number of anilines is 3. The molecule has 4 aliphatic rings. The quantitative estimate of drug-likeness (QED) is 0.754. The van der Waals surface area contributed by atoms with Gasteiger partial charge in [-0.3, -0.25) is 0 Å². The molecule has 4 unspecified atom stereocenters. The van der Waals surface area contributed by atoms with E-state index in [4.69, 9.17) is 36.8 Å². The highest BCUT2D eigenvalue weighted by Crippen LogP contribution is 2.44. The van der Waals surface area contributed by atoms with Crippen molar-refractivity contribution >= 4 is 28.9 Å². The summed E-state index contributed by atoms with van der Waals surface area (Å²) in [6, 6.07) is 9.04. The van der Waals surface area contributed by atoms with Crippen LogP contribution < -0.4 is 15.5 Å². The van der Waals surface area contributed by atoms with E-state index in [1.165, 1.54) is 0 Å². The van der Waals surface area contributed by atoms with Crippen molar-refractivity contribution < 1.29 is 9.47 Å². The molecule has 4 aliphatic heterocycles. The number of hydrogen-bond acceptors (Lipinski definition) is 7. The third kappa shape index (κ3) is 2.94. The number of nitrogen functional groups attached to an aromatic ring is 1. The van der Waals surface area contributed by atoms with Crippen LogP contribution >= 0.6 is 11.6 Å². The van der Waals surface area contributed by atoms with Crippen molar-refractivity contribution in [3.8, 4) is 11.4 Å². The van der Waals surface area contributed by atoms with Crippen LogP contribution in [-0.4, -0.2) is 60.6 Å². The van der Waals surface area contributed by atoms with E-state index in [1.807, 2.05) is 24.3 Å². The van der Waals surface area contributed by atoms with Crippen molar-refractivity contribution in [3.05, 3.63) is 29.3 Å². The average Bonchev–Trinajstić information content (AvgIpc) is 3.14. The van der Waals surface area contributed by atoms with Gasteiger partial charge < -0.3 is 25.0 Å². The molecule has 4 saturated heterocycles. The van der Waals surface area contributed by atoms with Crippen LogP contribution in [0.3, 0.4) is 0 Å². The van der Waals surface area contributed by atoms with Crippen LogP contribution in [-0.2, 0) is 9.47 Å². The van der Waals surface area contributed by atoms with Gasteiger partial charge in [-0.1, -0.05) is 11.6 Å². The number of halogens is 1. The van der Waals surface area contributed by atoms with Gasteiger partial charge in [-0.25, -0.2) is 9.97 Å². The van der Waals surface area contributed by atoms with E-state index in [2.05, 4.69) is 9.80 Å². The van der Waals surface area contributed by atoms with Gasteiger partial charge in [0.2, 0.25) is 0 Å². The summed E-state index contributed by atoms with van der Waals surface area (Å²) in [4.78, 5) is 14.8. The number of morpholine rings is 2. The summed E-state index contributed by atoms with van der Waals surface area (Å²) < 4.78 is 11.6. The van der Waals surface area contributed by atoms with Gasteiger partial charge >= 0.3 is 0 Å². The average molecular weight is 428 g/mol. The van der Waals surface area contributed by atoms with E-state index in [1.54, 1.807) is 0 Å². The molecule has 0 aliphatic carbocycles. The zero-order valence-electron chi connectivity index (χ0n) is 16.8. The van der Waals surface area contributed by atoms with Gasteiger partial charge in [0.05, 0.1) is 50.6 Å². The number of nitrogens with zero attached hydrogens (tertiary/aromatic N) is 4. The summed E-state index contributed by atoms with van der Waals surface area (Å²) >= 11 is 7.07. The predicted octanol–water partition coefficient (Wildman–Crippen LogP) is 3.11. The molecule has 2 N–H and O–H groups in total. The largest absolute Gasteiger partial charge is 0.399 e. The van der Waals surface area contributed by atoms with Crippen molar-refractivity contribution in [2.45, 2.75) is 49.9 Å². The normalized spacial score (nSPS) is 30.2. The molecule has 0 amide bonds. The van der Waals surface area contributed by atoms with Gasteiger partial charge in [0.1, 0.15) is 5.02 Å². The van der Waals surface area contributed by atoms with Crippen LogP contribution in [0, 0.1) is 0 Å². The molecular weight excluding hydrogens is 402 g/mol. The maximum atomic E-state index is 7.07. The summed E-state index contributed by atoms with van der Waals surface area (Å²) in [6.07, 6.45) is 4.45. The number of aromatic nitrogens is 2. The first kappa shape index (κ1) is 18.7. The number of fused-ring (bicyclic) bond motifs is 4. The molecule has 1 aromatic carbocycles. The minimum absolute atomic E-state index is 0.324. The van der Waals surface area contributed by atoms with Crippen molar-refractivity contribution in [1.82, 2.24) is 9.97 Å². The second-order valence-electron chi connectivity index (χ2n) is 8.79. The van der Waals surface area contributed by atoms with Gasteiger partial charge in [0.15, 0.2) is 17.5 Å². The number of rotatable bonds is 3. The Morgan fingerprint density at radius 3 is 1.63 bits per heavy atom. The topological polar surface area (TPSA) is 76.7 Å². The predicted molar refractivity (Wildman–Crippen MR) is 117 cm³/mol. The first-order chi connectivity index (χ1) is 14.7. The highest BCUT2D eigenvalue weighted by molar-refractivity contribution is 6.35. The first-order valence-electron chi connectivity index (χ1n) is 10.8. The zero-order chi connectivity index (χ0) is 20.2. The minimum atomic E-state index is 0.324. The van der Waals surface area contributed by atoms with Crippen LogP contribution in [0.25, 0.3) is 11.4 Å². The monoisotopic (exact) mass is 427 g/mol. The molecule has 8 heteroatoms. The maximum absolute atomic E-state index is 7.07. The molecule has 0 saturated carbocycles. The van der Waals surface area contributed by atoms with Crippen LogP contribution in [0.2, 0.25) is 5.02 Å². The molecule has 2 aromatic rings. The Kier molecular flexibility index (Phi) is 4.51. The summed E-state index contributed by atoms with van der Waals surface area (Å²) in [7, 11) is 0. The smallest absolute Gasteiger partial charge is 0.163 e. The SMILES string of the molecule is Nc1ccc(-c2nc(N3C4CCC3COC4)c(Cl)c(N3C4CCC3COC4)n2)cc1. The summed E-state index contributed by atoms with van der Waals surface area (Å²) in [5.74, 6) is 2.38. The van der Waals surface area contributed by atoms with Gasteiger partial charge in [-0.15, -0.1) is 0 Å². The second kappa shape index (κ2) is 7.25. The molecule has 0 spiro atoms. The molecule has 158 valence electrons. The summed E-state index contributed by atoms with van der Waals surface area (Å²) in [6.45, 7) is 2.91. The molecule has 7 nitrogen and oxygen atoms in total. The Hall–Kier alpha value is -2.09. The third-order valence-corrected chi connectivity index (χ3v) is 7.29. The summed E-state index contributed by atoms with van der Waals surface area (Å²) in [5, 5.41) is 0.659. The Morgan fingerprint density at radius 1 is 0.767 bits per heavy atom. The Labute approximate surface area is 181 Å². The van der Waals surface area contributed by atoms with Crippen molar-refractivity contribution in [3.63, 3.8) is 0 Å². The molecule has 4 bridgehead atoms. The zero-order valence-corrected chi connectivity index (χ0v) is 17.6. The molecule has 30 heavy (non-hydrogen) atoms. The third-order valence-electron chi connectivity index (χ3n) is 6.96. The number of hydrogen-bond donors (Lipinski definition) is 1. The maximum Gasteiger partial charge on any atom is 0.163 e. The molecule has 1 aromatic heterocycles. The van der Waals surface area contributed by atoms with Gasteiger partial charge in [0, 0.05) is 11.3 Å². The van der Waals surface area contributed by atoms with Crippen LogP contribution in [0.5, 0.6) is 0 Å². The second-order valence-corrected chi connectivity index (χ2v) is 9.17. The van der Waals surface area contributed by atoms with Crippen molar-refractivity contribution in [2.24, 2.45) is 0 Å². The van der Waals surface area contributed by atoms with Crippen LogP contribution in [0.15, 0.2) is 24.3 Å². The Balaban J connectivity index is 1.50. The van der Waals surface area contributed by atoms with E-state index < -0.39 is 0 Å². The van der Waals surface area contributed by atoms with Crippen molar-refractivity contribution in [1.29, 1.82) is 0 Å². The molecule has 0 radical (unpaired) electrons. The van der Waals surface area contributed by atoms with E-state index in [0.717, 1.165) is 75.0 Å². The van der Waals surface area contributed by atoms with E-state index in [-0.39, 0.29) is 0 Å². The fraction of sp³-hybridized carbons (Fsp3) is 0.545. The highest BCUT2D eigenvalue weighted by atomic mass is 35.5. The van der Waals surface area contributed by atoms with Gasteiger partial charge in [-0.2, -0.15) is 0 Å². The molecule has 6 rings (SSSR count).